The highest BCUT2D eigenvalue weighted by Gasteiger charge is 2.39. The number of aliphatic hydroxyl groups excluding tert-OH is 1. The van der Waals surface area contributed by atoms with Gasteiger partial charge in [0.2, 0.25) is 5.91 Å². The van der Waals surface area contributed by atoms with Crippen molar-refractivity contribution in [3.05, 3.63) is 74.6 Å². The molecule has 0 saturated heterocycles. The third-order valence-electron chi connectivity index (χ3n) is 5.44. The normalized spacial score (nSPS) is 14.0. The Kier molecular flexibility index (Phi) is 8.75. The van der Waals surface area contributed by atoms with Gasteiger partial charge < -0.3 is 20.9 Å². The minimum atomic E-state index is -5.01. The highest BCUT2D eigenvalue weighted by molar-refractivity contribution is 6.31. The molecule has 0 bridgehead atoms. The van der Waals surface area contributed by atoms with Crippen LogP contribution >= 0.6 is 23.2 Å². The van der Waals surface area contributed by atoms with E-state index in [0.717, 1.165) is 0 Å². The average molecular weight is 576 g/mol. The number of nitrogens with one attached hydrogen (secondary N) is 1. The summed E-state index contributed by atoms with van der Waals surface area (Å²) in [5, 5.41) is 16.8. The van der Waals surface area contributed by atoms with Gasteiger partial charge in [0, 0.05) is 15.6 Å². The molecule has 0 aliphatic carbocycles. The van der Waals surface area contributed by atoms with Crippen molar-refractivity contribution >= 4 is 35.2 Å². The molecule has 2 amide bonds. The van der Waals surface area contributed by atoms with E-state index in [4.69, 9.17) is 33.7 Å². The summed E-state index contributed by atoms with van der Waals surface area (Å²) >= 11 is 12.1. The smallest absolute Gasteiger partial charge is 0.416 e. The number of benzene rings is 2. The standard InChI is InChI=1S/C23H22Cl2F3N5O5/c1-22(12-38-20(29)36,15-4-2-3-5-16(15)25)30-18(35)11-33-21(37)32(10-17(34)23(26,27)28)19(31-33)13-6-8-14(24)9-7-13/h2-9,17,34H,10-12H2,1H3,(H2,29,36)(H,30,35). The number of nitrogens with two attached hydrogens (primary N) is 1. The molecule has 38 heavy (non-hydrogen) atoms. The van der Waals surface area contributed by atoms with E-state index in [2.05, 4.69) is 10.4 Å². The number of aliphatic hydroxyl groups is 1. The van der Waals surface area contributed by atoms with Crippen LogP contribution in [0.4, 0.5) is 18.0 Å². The zero-order valence-electron chi connectivity index (χ0n) is 19.7. The van der Waals surface area contributed by atoms with Gasteiger partial charge in [-0.2, -0.15) is 13.2 Å². The lowest BCUT2D eigenvalue weighted by Crippen LogP contribution is -2.49. The minimum absolute atomic E-state index is 0.218. The van der Waals surface area contributed by atoms with Crippen LogP contribution in [0.25, 0.3) is 11.4 Å². The number of hydrogen-bond donors (Lipinski definition) is 3. The molecular weight excluding hydrogens is 554 g/mol. The highest BCUT2D eigenvalue weighted by atomic mass is 35.5. The topological polar surface area (TPSA) is 141 Å². The van der Waals surface area contributed by atoms with E-state index >= 15 is 0 Å². The van der Waals surface area contributed by atoms with Crippen molar-refractivity contribution in [1.82, 2.24) is 19.7 Å². The van der Waals surface area contributed by atoms with Crippen LogP contribution < -0.4 is 16.7 Å². The van der Waals surface area contributed by atoms with Crippen molar-refractivity contribution in [2.24, 2.45) is 5.73 Å². The van der Waals surface area contributed by atoms with E-state index in [1.54, 1.807) is 24.3 Å². The number of amides is 2. The Labute approximate surface area is 223 Å². The first-order valence-electron chi connectivity index (χ1n) is 10.9. The summed E-state index contributed by atoms with van der Waals surface area (Å²) in [5.41, 5.74) is 3.17. The number of alkyl halides is 3. The lowest BCUT2D eigenvalue weighted by Gasteiger charge is -2.31. The van der Waals surface area contributed by atoms with Gasteiger partial charge in [-0.15, -0.1) is 5.10 Å². The fraction of sp³-hybridized carbons (Fsp3) is 0.304. The molecule has 3 rings (SSSR count). The fourth-order valence-corrected chi connectivity index (χ4v) is 4.06. The number of hydrogen-bond acceptors (Lipinski definition) is 6. The van der Waals surface area contributed by atoms with Gasteiger partial charge in [-0.1, -0.05) is 41.4 Å². The minimum Gasteiger partial charge on any atom is -0.447 e. The highest BCUT2D eigenvalue weighted by Crippen LogP contribution is 2.29. The molecule has 2 aromatic carbocycles. The van der Waals surface area contributed by atoms with Crippen molar-refractivity contribution in [2.45, 2.75) is 37.8 Å². The van der Waals surface area contributed by atoms with Gasteiger partial charge in [-0.05, 0) is 42.8 Å². The van der Waals surface area contributed by atoms with Crippen LogP contribution in [0.15, 0.2) is 53.3 Å². The van der Waals surface area contributed by atoms with E-state index in [1.165, 1.54) is 31.2 Å². The third kappa shape index (κ3) is 6.85. The molecule has 0 aliphatic rings. The number of carbonyl (C=O) groups is 2. The van der Waals surface area contributed by atoms with Crippen molar-refractivity contribution in [3.63, 3.8) is 0 Å². The maximum Gasteiger partial charge on any atom is 0.416 e. The van der Waals surface area contributed by atoms with Gasteiger partial charge in [-0.3, -0.25) is 9.36 Å². The van der Waals surface area contributed by atoms with Crippen molar-refractivity contribution in [2.75, 3.05) is 6.61 Å². The number of ether oxygens (including phenoxy) is 1. The number of halogens is 5. The number of aromatic nitrogens is 3. The van der Waals surface area contributed by atoms with Crippen LogP contribution in [0.1, 0.15) is 12.5 Å². The zero-order chi connectivity index (χ0) is 28.3. The summed E-state index contributed by atoms with van der Waals surface area (Å²) in [6.07, 6.45) is -8.98. The summed E-state index contributed by atoms with van der Waals surface area (Å²) in [5.74, 6) is -1.04. The number of rotatable bonds is 9. The molecule has 3 aromatic rings. The first-order valence-corrected chi connectivity index (χ1v) is 11.6. The maximum absolute atomic E-state index is 13.0. The summed E-state index contributed by atoms with van der Waals surface area (Å²) in [7, 11) is 0. The molecule has 15 heteroatoms. The molecule has 0 aliphatic heterocycles. The molecule has 0 radical (unpaired) electrons. The molecule has 4 N–H and O–H groups in total. The van der Waals surface area contributed by atoms with Crippen LogP contribution in [0.5, 0.6) is 0 Å². The van der Waals surface area contributed by atoms with Crippen molar-refractivity contribution in [3.8, 4) is 11.4 Å². The fourth-order valence-electron chi connectivity index (χ4n) is 3.59. The van der Waals surface area contributed by atoms with Crippen LogP contribution in [0.3, 0.4) is 0 Å². The zero-order valence-corrected chi connectivity index (χ0v) is 21.2. The number of nitrogens with zero attached hydrogens (tertiary/aromatic N) is 3. The Morgan fingerprint density at radius 2 is 1.79 bits per heavy atom. The Balaban J connectivity index is 1.96. The van der Waals surface area contributed by atoms with Crippen LogP contribution in [0, 0.1) is 0 Å². The third-order valence-corrected chi connectivity index (χ3v) is 6.02. The summed E-state index contributed by atoms with van der Waals surface area (Å²) in [4.78, 5) is 37.2. The van der Waals surface area contributed by atoms with E-state index in [0.29, 0.717) is 19.8 Å². The molecule has 0 fully saturated rings. The lowest BCUT2D eigenvalue weighted by molar-refractivity contribution is -0.207. The Hall–Kier alpha value is -3.55. The second-order valence-electron chi connectivity index (χ2n) is 8.41. The molecule has 0 saturated carbocycles. The molecule has 1 aromatic heterocycles. The van der Waals surface area contributed by atoms with Crippen LogP contribution in [-0.4, -0.2) is 50.3 Å². The molecule has 2 atom stereocenters. The van der Waals surface area contributed by atoms with E-state index in [1.807, 2.05) is 0 Å². The van der Waals surface area contributed by atoms with Gasteiger partial charge in [0.15, 0.2) is 11.9 Å². The Bertz CT molecular complexity index is 1380. The average Bonchev–Trinajstić information content (AvgIpc) is 3.12. The summed E-state index contributed by atoms with van der Waals surface area (Å²) in [6, 6.07) is 12.1. The van der Waals surface area contributed by atoms with Crippen LogP contribution in [-0.2, 0) is 28.2 Å². The largest absolute Gasteiger partial charge is 0.447 e. The quantitative estimate of drug-likeness (QED) is 0.358. The molecular formula is C23H22Cl2F3N5O5. The van der Waals surface area contributed by atoms with Gasteiger partial charge in [0.1, 0.15) is 13.2 Å². The predicted octanol–water partition coefficient (Wildman–Crippen LogP) is 3.07. The molecule has 1 heterocycles. The number of carbonyl (C=O) groups excluding carboxylic acids is 2. The Morgan fingerprint density at radius 3 is 2.37 bits per heavy atom. The van der Waals surface area contributed by atoms with Crippen molar-refractivity contribution < 1.29 is 32.6 Å². The first kappa shape index (κ1) is 29.0. The first-order chi connectivity index (χ1) is 17.7. The maximum atomic E-state index is 13.0. The van der Waals surface area contributed by atoms with Crippen LogP contribution in [0.2, 0.25) is 10.0 Å². The van der Waals surface area contributed by atoms with E-state index < -0.39 is 55.2 Å². The lowest BCUT2D eigenvalue weighted by atomic mass is 9.92. The second kappa shape index (κ2) is 11.5. The predicted molar refractivity (Wildman–Crippen MR) is 131 cm³/mol. The summed E-state index contributed by atoms with van der Waals surface area (Å²) < 4.78 is 45.3. The second-order valence-corrected chi connectivity index (χ2v) is 9.25. The van der Waals surface area contributed by atoms with Gasteiger partial charge in [-0.25, -0.2) is 14.3 Å². The van der Waals surface area contributed by atoms with Gasteiger partial charge in [0.25, 0.3) is 0 Å². The monoisotopic (exact) mass is 575 g/mol. The number of primary amides is 1. The van der Waals surface area contributed by atoms with Gasteiger partial charge >= 0.3 is 18.0 Å². The molecule has 204 valence electrons. The SMILES string of the molecule is CC(COC(N)=O)(NC(=O)Cn1nc(-c2ccc(Cl)cc2)n(CC(O)C(F)(F)F)c1=O)c1ccccc1Cl. The Morgan fingerprint density at radius 1 is 1.16 bits per heavy atom. The molecule has 2 unspecified atom stereocenters. The van der Waals surface area contributed by atoms with E-state index in [9.17, 15) is 32.7 Å². The van der Waals surface area contributed by atoms with Gasteiger partial charge in [0.05, 0.1) is 12.1 Å². The molecule has 10 nitrogen and oxygen atoms in total. The summed E-state index contributed by atoms with van der Waals surface area (Å²) in [6.45, 7) is -0.818. The van der Waals surface area contributed by atoms with Crippen molar-refractivity contribution in [1.29, 1.82) is 0 Å². The van der Waals surface area contributed by atoms with E-state index in [-0.39, 0.29) is 16.4 Å². The molecule has 0 spiro atoms.